The topological polar surface area (TPSA) is 41.1 Å². The van der Waals surface area contributed by atoms with E-state index < -0.39 is 0 Å². The summed E-state index contributed by atoms with van der Waals surface area (Å²) in [6.07, 6.45) is 2.24. The van der Waals surface area contributed by atoms with E-state index in [4.69, 9.17) is 0 Å². The number of amides is 1. The van der Waals surface area contributed by atoms with E-state index >= 15 is 0 Å². The van der Waals surface area contributed by atoms with Crippen LogP contribution < -0.4 is 10.6 Å². The van der Waals surface area contributed by atoms with Crippen molar-refractivity contribution in [1.29, 1.82) is 0 Å². The number of benzene rings is 1. The molecule has 1 unspecified atom stereocenters. The molecule has 0 saturated carbocycles. The van der Waals surface area contributed by atoms with Crippen LogP contribution in [0.5, 0.6) is 0 Å². The summed E-state index contributed by atoms with van der Waals surface area (Å²) in [5.74, 6) is -0.0252. The molecule has 0 saturated heterocycles. The minimum Gasteiger partial charge on any atom is -0.325 e. The number of carbonyl (C=O) groups excluding carboxylic acids is 1. The van der Waals surface area contributed by atoms with E-state index in [0.29, 0.717) is 6.04 Å². The Balaban J connectivity index is 2.02. The molecule has 4 heteroatoms. The van der Waals surface area contributed by atoms with Gasteiger partial charge in [-0.2, -0.15) is 0 Å². The maximum atomic E-state index is 11.2. The summed E-state index contributed by atoms with van der Waals surface area (Å²) < 4.78 is 0. The van der Waals surface area contributed by atoms with Crippen LogP contribution in [0.15, 0.2) is 41.8 Å². The number of thiophene rings is 1. The van der Waals surface area contributed by atoms with Gasteiger partial charge in [0.15, 0.2) is 0 Å². The summed E-state index contributed by atoms with van der Waals surface area (Å²) in [7, 11) is 0. The van der Waals surface area contributed by atoms with Gasteiger partial charge in [-0.3, -0.25) is 4.79 Å². The summed E-state index contributed by atoms with van der Waals surface area (Å²) in [5, 5.41) is 8.51. The summed E-state index contributed by atoms with van der Waals surface area (Å²) in [6.45, 7) is 4.51. The van der Waals surface area contributed by atoms with Gasteiger partial charge in [-0.15, -0.1) is 11.3 Å². The van der Waals surface area contributed by atoms with Crippen molar-refractivity contribution in [2.75, 3.05) is 5.32 Å². The Morgan fingerprint density at radius 1 is 1.24 bits per heavy atom. The van der Waals surface area contributed by atoms with Gasteiger partial charge in [0.05, 0.1) is 5.69 Å². The molecule has 1 heterocycles. The van der Waals surface area contributed by atoms with Gasteiger partial charge in [-0.1, -0.05) is 43.7 Å². The maximum absolute atomic E-state index is 11.2. The zero-order chi connectivity index (χ0) is 15.1. The Morgan fingerprint density at radius 3 is 2.67 bits per heavy atom. The van der Waals surface area contributed by atoms with Gasteiger partial charge < -0.3 is 10.6 Å². The predicted octanol–water partition coefficient (Wildman–Crippen LogP) is 4.34. The van der Waals surface area contributed by atoms with Crippen LogP contribution in [0.25, 0.3) is 0 Å². The first kappa shape index (κ1) is 15.7. The second kappa shape index (κ2) is 7.96. The quantitative estimate of drug-likeness (QED) is 0.799. The van der Waals surface area contributed by atoms with Gasteiger partial charge in [0.2, 0.25) is 5.91 Å². The molecule has 0 aliphatic rings. The first-order valence-corrected chi connectivity index (χ1v) is 8.21. The van der Waals surface area contributed by atoms with Crippen molar-refractivity contribution in [3.63, 3.8) is 0 Å². The molecule has 1 atom stereocenters. The Morgan fingerprint density at radius 2 is 2.00 bits per heavy atom. The zero-order valence-corrected chi connectivity index (χ0v) is 13.4. The molecule has 1 amide bonds. The summed E-state index contributed by atoms with van der Waals surface area (Å²) >= 11 is 1.67. The number of hydrogen-bond acceptors (Lipinski definition) is 3. The second-order valence-electron chi connectivity index (χ2n) is 5.07. The third-order valence-electron chi connectivity index (χ3n) is 3.34. The van der Waals surface area contributed by atoms with Gasteiger partial charge in [0.1, 0.15) is 0 Å². The Hall–Kier alpha value is -1.65. The first-order chi connectivity index (χ1) is 10.2. The average molecular weight is 302 g/mol. The highest BCUT2D eigenvalue weighted by atomic mass is 32.1. The van der Waals surface area contributed by atoms with Crippen LogP contribution in [-0.2, 0) is 11.3 Å². The van der Waals surface area contributed by atoms with Crippen LogP contribution in [0.4, 0.5) is 5.69 Å². The molecular formula is C17H22N2OS. The fourth-order valence-electron chi connectivity index (χ4n) is 2.36. The Kier molecular flexibility index (Phi) is 5.96. The van der Waals surface area contributed by atoms with Crippen LogP contribution in [-0.4, -0.2) is 5.91 Å². The Labute approximate surface area is 130 Å². The molecule has 112 valence electrons. The monoisotopic (exact) mass is 302 g/mol. The number of anilines is 1. The highest BCUT2D eigenvalue weighted by Crippen LogP contribution is 2.24. The van der Waals surface area contributed by atoms with Gasteiger partial charge >= 0.3 is 0 Å². The lowest BCUT2D eigenvalue weighted by Crippen LogP contribution is -2.21. The highest BCUT2D eigenvalue weighted by Gasteiger charge is 2.12. The molecular weight excluding hydrogens is 280 g/mol. The molecule has 0 spiro atoms. The minimum atomic E-state index is -0.0252. The van der Waals surface area contributed by atoms with Crippen LogP contribution in [0, 0.1) is 0 Å². The molecule has 0 aliphatic heterocycles. The van der Waals surface area contributed by atoms with E-state index in [2.05, 4.69) is 41.8 Å². The lowest BCUT2D eigenvalue weighted by molar-refractivity contribution is -0.114. The van der Waals surface area contributed by atoms with Gasteiger partial charge in [-0.25, -0.2) is 0 Å². The predicted molar refractivity (Wildman–Crippen MR) is 89.6 cm³/mol. The van der Waals surface area contributed by atoms with E-state index in [0.717, 1.165) is 25.1 Å². The normalized spacial score (nSPS) is 12.1. The third-order valence-corrected chi connectivity index (χ3v) is 4.27. The highest BCUT2D eigenvalue weighted by molar-refractivity contribution is 7.10. The fourth-order valence-corrected chi connectivity index (χ4v) is 3.14. The van der Waals surface area contributed by atoms with Crippen molar-refractivity contribution in [2.45, 2.75) is 39.3 Å². The lowest BCUT2D eigenvalue weighted by Gasteiger charge is -2.18. The van der Waals surface area contributed by atoms with E-state index in [9.17, 15) is 4.79 Å². The molecule has 1 aromatic heterocycles. The SMILES string of the molecule is CCCC(NCc1sccc1NC(C)=O)c1ccccc1. The van der Waals surface area contributed by atoms with Crippen molar-refractivity contribution < 1.29 is 4.79 Å². The smallest absolute Gasteiger partial charge is 0.221 e. The number of hydrogen-bond donors (Lipinski definition) is 2. The molecule has 0 radical (unpaired) electrons. The third kappa shape index (κ3) is 4.69. The molecule has 3 nitrogen and oxygen atoms in total. The van der Waals surface area contributed by atoms with E-state index in [1.165, 1.54) is 10.4 Å². The van der Waals surface area contributed by atoms with Gasteiger partial charge in [0.25, 0.3) is 0 Å². The molecule has 21 heavy (non-hydrogen) atoms. The van der Waals surface area contributed by atoms with Crippen molar-refractivity contribution >= 4 is 22.9 Å². The number of carbonyl (C=O) groups is 1. The van der Waals surface area contributed by atoms with Gasteiger partial charge in [-0.05, 0) is 23.4 Å². The van der Waals surface area contributed by atoms with Crippen LogP contribution in [0.1, 0.15) is 43.2 Å². The van der Waals surface area contributed by atoms with E-state index in [1.54, 1.807) is 18.3 Å². The van der Waals surface area contributed by atoms with Crippen molar-refractivity contribution in [3.05, 3.63) is 52.2 Å². The van der Waals surface area contributed by atoms with Crippen molar-refractivity contribution in [2.24, 2.45) is 0 Å². The average Bonchev–Trinajstić information content (AvgIpc) is 2.91. The molecule has 1 aromatic carbocycles. The zero-order valence-electron chi connectivity index (χ0n) is 12.6. The molecule has 0 fully saturated rings. The molecule has 2 N–H and O–H groups in total. The Bertz CT molecular complexity index is 565. The number of nitrogens with one attached hydrogen (secondary N) is 2. The molecule has 0 bridgehead atoms. The largest absolute Gasteiger partial charge is 0.325 e. The van der Waals surface area contributed by atoms with Crippen LogP contribution in [0.2, 0.25) is 0 Å². The number of rotatable bonds is 7. The molecule has 2 aromatic rings. The van der Waals surface area contributed by atoms with Crippen LogP contribution >= 0.6 is 11.3 Å². The lowest BCUT2D eigenvalue weighted by atomic mass is 10.0. The van der Waals surface area contributed by atoms with Crippen molar-refractivity contribution in [3.8, 4) is 0 Å². The summed E-state index contributed by atoms with van der Waals surface area (Å²) in [4.78, 5) is 12.4. The standard InChI is InChI=1S/C17H22N2OS/c1-3-7-15(14-8-5-4-6-9-14)18-12-17-16(10-11-21-17)19-13(2)20/h4-6,8-11,15,18H,3,7,12H2,1-2H3,(H,19,20). The minimum absolute atomic E-state index is 0.0252. The maximum Gasteiger partial charge on any atom is 0.221 e. The molecule has 0 aliphatic carbocycles. The first-order valence-electron chi connectivity index (χ1n) is 7.33. The second-order valence-corrected chi connectivity index (χ2v) is 6.07. The fraction of sp³-hybridized carbons (Fsp3) is 0.353. The molecule has 2 rings (SSSR count). The van der Waals surface area contributed by atoms with Crippen LogP contribution in [0.3, 0.4) is 0 Å². The van der Waals surface area contributed by atoms with Crippen molar-refractivity contribution in [1.82, 2.24) is 5.32 Å². The van der Waals surface area contributed by atoms with Gasteiger partial charge in [0, 0.05) is 24.4 Å². The van der Waals surface area contributed by atoms with E-state index in [1.807, 2.05) is 17.5 Å². The van der Waals surface area contributed by atoms with E-state index in [-0.39, 0.29) is 5.91 Å². The summed E-state index contributed by atoms with van der Waals surface area (Å²) in [6, 6.07) is 12.8. The summed E-state index contributed by atoms with van der Waals surface area (Å²) in [5.41, 5.74) is 2.24.